The number of rotatable bonds is 4. The molecule has 81 valence electrons. The van der Waals surface area contributed by atoms with Crippen molar-refractivity contribution in [1.29, 1.82) is 0 Å². The first-order chi connectivity index (χ1) is 7.04. The van der Waals surface area contributed by atoms with Gasteiger partial charge in [0.05, 0.1) is 0 Å². The molecule has 0 aliphatic heterocycles. The number of hydrogen-bond acceptors (Lipinski definition) is 1. The topological polar surface area (TPSA) is 17.1 Å². The van der Waals surface area contributed by atoms with Crippen molar-refractivity contribution in [3.8, 4) is 0 Å². The van der Waals surface area contributed by atoms with Gasteiger partial charge in [0.1, 0.15) is 5.78 Å². The molecule has 1 radical (unpaired) electrons. The molecular formula is C14H19O. The Kier molecular flexibility index (Phi) is 4.07. The molecule has 0 heterocycles. The molecule has 0 amide bonds. The van der Waals surface area contributed by atoms with E-state index in [-0.39, 0.29) is 17.6 Å². The average molecular weight is 203 g/mol. The van der Waals surface area contributed by atoms with Crippen LogP contribution in [-0.2, 0) is 4.79 Å². The highest BCUT2D eigenvalue weighted by Gasteiger charge is 2.25. The lowest BCUT2D eigenvalue weighted by Gasteiger charge is -2.21. The molecule has 15 heavy (non-hydrogen) atoms. The summed E-state index contributed by atoms with van der Waals surface area (Å²) in [5.41, 5.74) is 1.10. The molecule has 0 N–H and O–H groups in total. The molecule has 0 saturated heterocycles. The van der Waals surface area contributed by atoms with Gasteiger partial charge >= 0.3 is 0 Å². The van der Waals surface area contributed by atoms with Crippen molar-refractivity contribution < 1.29 is 4.79 Å². The smallest absolute Gasteiger partial charge is 0.143 e. The zero-order valence-corrected chi connectivity index (χ0v) is 9.73. The molecule has 1 aromatic rings. The third kappa shape index (κ3) is 2.92. The molecule has 1 nitrogen and oxygen atoms in total. The maximum Gasteiger partial charge on any atom is 0.143 e. The van der Waals surface area contributed by atoms with Gasteiger partial charge in [-0.3, -0.25) is 4.79 Å². The van der Waals surface area contributed by atoms with E-state index in [0.29, 0.717) is 5.92 Å². The summed E-state index contributed by atoms with van der Waals surface area (Å²) in [6.45, 7) is 9.84. The molecule has 1 rings (SSSR count). The van der Waals surface area contributed by atoms with Gasteiger partial charge in [0, 0.05) is 11.8 Å². The quantitative estimate of drug-likeness (QED) is 0.732. The van der Waals surface area contributed by atoms with E-state index in [2.05, 4.69) is 20.8 Å². The lowest BCUT2D eigenvalue weighted by atomic mass is 9.81. The van der Waals surface area contributed by atoms with Gasteiger partial charge in [-0.15, -0.1) is 0 Å². The van der Waals surface area contributed by atoms with Crippen LogP contribution >= 0.6 is 0 Å². The van der Waals surface area contributed by atoms with Crippen LogP contribution in [-0.4, -0.2) is 5.78 Å². The van der Waals surface area contributed by atoms with Crippen molar-refractivity contribution in [3.05, 3.63) is 42.8 Å². The minimum Gasteiger partial charge on any atom is -0.299 e. The maximum atomic E-state index is 12.0. The monoisotopic (exact) mass is 203 g/mol. The standard InChI is InChI=1S/C14H19O/c1-10(2)13(14(15)11(3)4)12-8-6-5-7-9-12/h5-11,13H,3H2,1-2,4H3. The van der Waals surface area contributed by atoms with Gasteiger partial charge in [0.2, 0.25) is 0 Å². The predicted molar refractivity (Wildman–Crippen MR) is 63.5 cm³/mol. The second kappa shape index (κ2) is 5.11. The van der Waals surface area contributed by atoms with Crippen LogP contribution in [0.3, 0.4) is 0 Å². The molecule has 2 atom stereocenters. The Labute approximate surface area is 92.5 Å². The second-order valence-corrected chi connectivity index (χ2v) is 4.44. The number of hydrogen-bond donors (Lipinski definition) is 0. The van der Waals surface area contributed by atoms with Crippen LogP contribution in [0.4, 0.5) is 0 Å². The van der Waals surface area contributed by atoms with E-state index in [4.69, 9.17) is 0 Å². The molecule has 0 saturated carbocycles. The molecule has 0 fully saturated rings. The second-order valence-electron chi connectivity index (χ2n) is 4.44. The molecule has 0 aromatic heterocycles. The first kappa shape index (κ1) is 12.0. The fourth-order valence-electron chi connectivity index (χ4n) is 1.84. The van der Waals surface area contributed by atoms with Crippen LogP contribution in [0.15, 0.2) is 30.3 Å². The van der Waals surface area contributed by atoms with Gasteiger partial charge in [-0.1, -0.05) is 51.1 Å². The van der Waals surface area contributed by atoms with Crippen molar-refractivity contribution >= 4 is 5.78 Å². The molecule has 0 spiro atoms. The number of Topliss-reactive ketones (excluding diaryl/α,β-unsaturated/α-hetero) is 1. The molecule has 0 bridgehead atoms. The van der Waals surface area contributed by atoms with Crippen molar-refractivity contribution in [3.63, 3.8) is 0 Å². The Hall–Kier alpha value is -1.11. The Balaban J connectivity index is 2.99. The van der Waals surface area contributed by atoms with Gasteiger partial charge in [-0.05, 0) is 18.4 Å². The van der Waals surface area contributed by atoms with E-state index in [9.17, 15) is 4.79 Å². The number of ketones is 1. The van der Waals surface area contributed by atoms with E-state index in [0.717, 1.165) is 5.56 Å². The summed E-state index contributed by atoms with van der Waals surface area (Å²) in [4.78, 5) is 12.0. The van der Waals surface area contributed by atoms with Crippen LogP contribution < -0.4 is 0 Å². The van der Waals surface area contributed by atoms with Gasteiger partial charge in [0.15, 0.2) is 0 Å². The van der Waals surface area contributed by atoms with Crippen molar-refractivity contribution in [2.75, 3.05) is 0 Å². The summed E-state index contributed by atoms with van der Waals surface area (Å²) in [5.74, 6) is 0.400. The lowest BCUT2D eigenvalue weighted by Crippen LogP contribution is -2.22. The normalized spacial score (nSPS) is 13.2. The molecular weight excluding hydrogens is 184 g/mol. The first-order valence-electron chi connectivity index (χ1n) is 5.45. The third-order valence-electron chi connectivity index (χ3n) is 2.62. The molecule has 1 heteroatoms. The highest BCUT2D eigenvalue weighted by molar-refractivity contribution is 5.88. The van der Waals surface area contributed by atoms with Gasteiger partial charge in [-0.2, -0.15) is 0 Å². The highest BCUT2D eigenvalue weighted by atomic mass is 16.1. The Bertz CT molecular complexity index is 311. The van der Waals surface area contributed by atoms with Gasteiger partial charge in [0.25, 0.3) is 0 Å². The van der Waals surface area contributed by atoms with E-state index < -0.39 is 0 Å². The van der Waals surface area contributed by atoms with Gasteiger partial charge in [-0.25, -0.2) is 0 Å². The predicted octanol–water partition coefficient (Wildman–Crippen LogP) is 3.47. The van der Waals surface area contributed by atoms with Crippen molar-refractivity contribution in [2.24, 2.45) is 11.8 Å². The maximum absolute atomic E-state index is 12.0. The first-order valence-corrected chi connectivity index (χ1v) is 5.45. The van der Waals surface area contributed by atoms with Crippen LogP contribution in [0.5, 0.6) is 0 Å². The average Bonchev–Trinajstić information content (AvgIpc) is 2.18. The Morgan fingerprint density at radius 3 is 2.07 bits per heavy atom. The van der Waals surface area contributed by atoms with Crippen LogP contribution in [0, 0.1) is 18.8 Å². The molecule has 0 aliphatic rings. The Morgan fingerprint density at radius 2 is 1.67 bits per heavy atom. The summed E-state index contributed by atoms with van der Waals surface area (Å²) in [7, 11) is 0. The van der Waals surface area contributed by atoms with E-state index in [1.807, 2.05) is 37.3 Å². The number of benzene rings is 1. The summed E-state index contributed by atoms with van der Waals surface area (Å²) < 4.78 is 0. The fourth-order valence-corrected chi connectivity index (χ4v) is 1.84. The van der Waals surface area contributed by atoms with Crippen molar-refractivity contribution in [1.82, 2.24) is 0 Å². The number of carbonyl (C=O) groups is 1. The van der Waals surface area contributed by atoms with E-state index >= 15 is 0 Å². The SMILES string of the molecule is [CH2]C(C)C(=O)C(c1ccccc1)C(C)C. The van der Waals surface area contributed by atoms with Crippen LogP contribution in [0.1, 0.15) is 32.3 Å². The fraction of sp³-hybridized carbons (Fsp3) is 0.429. The van der Waals surface area contributed by atoms with E-state index in [1.165, 1.54) is 0 Å². The molecule has 0 aliphatic carbocycles. The van der Waals surface area contributed by atoms with E-state index in [1.54, 1.807) is 0 Å². The number of carbonyl (C=O) groups excluding carboxylic acids is 1. The zero-order valence-electron chi connectivity index (χ0n) is 9.73. The molecule has 1 aromatic carbocycles. The summed E-state index contributed by atoms with van der Waals surface area (Å²) in [6.07, 6.45) is 0. The molecule has 2 unspecified atom stereocenters. The minimum absolute atomic E-state index is 0.0151. The minimum atomic E-state index is -0.141. The summed E-state index contributed by atoms with van der Waals surface area (Å²) >= 11 is 0. The summed E-state index contributed by atoms with van der Waals surface area (Å²) in [6, 6.07) is 9.96. The highest BCUT2D eigenvalue weighted by Crippen LogP contribution is 2.27. The van der Waals surface area contributed by atoms with Crippen molar-refractivity contribution in [2.45, 2.75) is 26.7 Å². The lowest BCUT2D eigenvalue weighted by molar-refractivity contribution is -0.123. The van der Waals surface area contributed by atoms with Crippen LogP contribution in [0.2, 0.25) is 0 Å². The van der Waals surface area contributed by atoms with Crippen LogP contribution in [0.25, 0.3) is 0 Å². The Morgan fingerprint density at radius 1 is 1.13 bits per heavy atom. The summed E-state index contributed by atoms with van der Waals surface area (Å²) in [5, 5.41) is 0. The van der Waals surface area contributed by atoms with Gasteiger partial charge < -0.3 is 0 Å². The third-order valence-corrected chi connectivity index (χ3v) is 2.62. The zero-order chi connectivity index (χ0) is 11.4. The largest absolute Gasteiger partial charge is 0.299 e.